The van der Waals surface area contributed by atoms with Crippen molar-refractivity contribution in [2.45, 2.75) is 52.1 Å². The van der Waals surface area contributed by atoms with E-state index in [2.05, 4.69) is 37.1 Å². The number of hydrogen-bond acceptors (Lipinski definition) is 3. The molecular formula is C13H24N2O2S. The van der Waals surface area contributed by atoms with E-state index in [1.54, 1.807) is 0 Å². The maximum Gasteiger partial charge on any atom is 0.243 e. The van der Waals surface area contributed by atoms with Crippen LogP contribution in [0.25, 0.3) is 0 Å². The molecule has 104 valence electrons. The van der Waals surface area contributed by atoms with Gasteiger partial charge in [-0.25, -0.2) is 0 Å². The summed E-state index contributed by atoms with van der Waals surface area (Å²) < 4.78 is 0. The van der Waals surface area contributed by atoms with E-state index >= 15 is 0 Å². The minimum Gasteiger partial charge on any atom is -0.351 e. The van der Waals surface area contributed by atoms with Gasteiger partial charge in [-0.05, 0) is 18.3 Å². The van der Waals surface area contributed by atoms with Gasteiger partial charge in [0.05, 0.1) is 0 Å². The van der Waals surface area contributed by atoms with Crippen molar-refractivity contribution >= 4 is 24.4 Å². The second kappa shape index (κ2) is 7.02. The lowest BCUT2D eigenvalue weighted by molar-refractivity contribution is -0.128. The minimum absolute atomic E-state index is 0.119. The van der Waals surface area contributed by atoms with Gasteiger partial charge in [-0.2, -0.15) is 12.6 Å². The molecule has 0 heterocycles. The number of thiol groups is 1. The second-order valence-corrected chi connectivity index (χ2v) is 5.68. The van der Waals surface area contributed by atoms with Gasteiger partial charge in [0.25, 0.3) is 0 Å². The first kappa shape index (κ1) is 15.3. The van der Waals surface area contributed by atoms with E-state index in [1.165, 1.54) is 13.3 Å². The highest BCUT2D eigenvalue weighted by Crippen LogP contribution is 2.29. The summed E-state index contributed by atoms with van der Waals surface area (Å²) in [6, 6.07) is -0.312. The molecule has 4 nitrogen and oxygen atoms in total. The minimum atomic E-state index is -0.532. The smallest absolute Gasteiger partial charge is 0.243 e. The van der Waals surface area contributed by atoms with Crippen molar-refractivity contribution in [2.75, 3.05) is 5.75 Å². The summed E-state index contributed by atoms with van der Waals surface area (Å²) in [4.78, 5) is 23.1. The summed E-state index contributed by atoms with van der Waals surface area (Å²) in [6.45, 7) is 5.82. The van der Waals surface area contributed by atoms with Crippen LogP contribution in [0.15, 0.2) is 0 Å². The average Bonchev–Trinajstić information content (AvgIpc) is 2.31. The van der Waals surface area contributed by atoms with E-state index in [0.717, 1.165) is 12.8 Å². The number of carbonyl (C=O) groups excluding carboxylic acids is 2. The second-order valence-electron chi connectivity index (χ2n) is 5.32. The van der Waals surface area contributed by atoms with Gasteiger partial charge < -0.3 is 10.6 Å². The van der Waals surface area contributed by atoms with Crippen molar-refractivity contribution in [1.82, 2.24) is 10.6 Å². The van der Waals surface area contributed by atoms with Gasteiger partial charge in [0.2, 0.25) is 11.8 Å². The van der Waals surface area contributed by atoms with Crippen LogP contribution in [-0.2, 0) is 9.59 Å². The first-order valence-electron chi connectivity index (χ1n) is 6.64. The Morgan fingerprint density at radius 2 is 2.00 bits per heavy atom. The van der Waals surface area contributed by atoms with Gasteiger partial charge >= 0.3 is 0 Å². The summed E-state index contributed by atoms with van der Waals surface area (Å²) in [5.74, 6) is 1.13. The molecule has 4 unspecified atom stereocenters. The molecule has 0 saturated heterocycles. The predicted octanol–water partition coefficient (Wildman–Crippen LogP) is 1.36. The number of carbonyl (C=O) groups is 2. The van der Waals surface area contributed by atoms with Gasteiger partial charge in [-0.15, -0.1) is 0 Å². The number of nitrogens with one attached hydrogen (secondary N) is 2. The molecule has 0 aromatic carbocycles. The Labute approximate surface area is 115 Å². The van der Waals surface area contributed by atoms with E-state index in [1.807, 2.05) is 0 Å². The third kappa shape index (κ3) is 4.19. The molecule has 0 spiro atoms. The maximum absolute atomic E-state index is 12.1. The fourth-order valence-corrected chi connectivity index (χ4v) is 2.77. The molecule has 5 heteroatoms. The van der Waals surface area contributed by atoms with Crippen LogP contribution in [0.4, 0.5) is 0 Å². The quantitative estimate of drug-likeness (QED) is 0.677. The third-order valence-corrected chi connectivity index (χ3v) is 4.28. The standard InChI is InChI=1S/C13H24N2O2S/c1-8-5-4-6-11(9(8)2)15-13(17)12(7-18)14-10(3)16/h8-9,11-12,18H,4-7H2,1-3H3,(H,14,16)(H,15,17). The fourth-order valence-electron chi connectivity index (χ4n) is 2.51. The van der Waals surface area contributed by atoms with Crippen LogP contribution in [0.3, 0.4) is 0 Å². The Bertz CT molecular complexity index is 309. The SMILES string of the molecule is CC(=O)NC(CS)C(=O)NC1CCCC(C)C1C. The van der Waals surface area contributed by atoms with Crippen LogP contribution in [-0.4, -0.2) is 29.7 Å². The van der Waals surface area contributed by atoms with Gasteiger partial charge in [0.15, 0.2) is 0 Å². The predicted molar refractivity (Wildman–Crippen MR) is 75.6 cm³/mol. The van der Waals surface area contributed by atoms with Crippen LogP contribution in [0, 0.1) is 11.8 Å². The van der Waals surface area contributed by atoms with Crippen molar-refractivity contribution in [2.24, 2.45) is 11.8 Å². The van der Waals surface area contributed by atoms with Gasteiger partial charge in [-0.1, -0.05) is 26.7 Å². The molecule has 4 atom stereocenters. The zero-order valence-corrected chi connectivity index (χ0v) is 12.3. The molecule has 0 aliphatic heterocycles. The Hall–Kier alpha value is -0.710. The van der Waals surface area contributed by atoms with Gasteiger partial charge in [0, 0.05) is 18.7 Å². The van der Waals surface area contributed by atoms with Crippen molar-refractivity contribution in [3.8, 4) is 0 Å². The summed E-state index contributed by atoms with van der Waals surface area (Å²) in [7, 11) is 0. The van der Waals surface area contributed by atoms with E-state index in [0.29, 0.717) is 17.6 Å². The summed E-state index contributed by atoms with van der Waals surface area (Å²) in [6.07, 6.45) is 3.41. The van der Waals surface area contributed by atoms with Gasteiger partial charge in [-0.3, -0.25) is 9.59 Å². The Balaban J connectivity index is 2.54. The maximum atomic E-state index is 12.1. The molecule has 1 aliphatic rings. The average molecular weight is 272 g/mol. The van der Waals surface area contributed by atoms with E-state index in [9.17, 15) is 9.59 Å². The van der Waals surface area contributed by atoms with Crippen molar-refractivity contribution < 1.29 is 9.59 Å². The molecule has 0 aromatic heterocycles. The summed E-state index contributed by atoms with van der Waals surface area (Å²) in [5.41, 5.74) is 0. The topological polar surface area (TPSA) is 58.2 Å². The van der Waals surface area contributed by atoms with E-state index < -0.39 is 6.04 Å². The Kier molecular flexibility index (Phi) is 5.99. The highest BCUT2D eigenvalue weighted by Gasteiger charge is 2.29. The molecular weight excluding hydrogens is 248 g/mol. The highest BCUT2D eigenvalue weighted by molar-refractivity contribution is 7.80. The third-order valence-electron chi connectivity index (χ3n) is 3.91. The van der Waals surface area contributed by atoms with Crippen LogP contribution in [0.5, 0.6) is 0 Å². The zero-order chi connectivity index (χ0) is 13.7. The molecule has 2 amide bonds. The molecule has 0 radical (unpaired) electrons. The Morgan fingerprint density at radius 3 is 2.56 bits per heavy atom. The first-order valence-corrected chi connectivity index (χ1v) is 7.27. The largest absolute Gasteiger partial charge is 0.351 e. The van der Waals surface area contributed by atoms with Crippen LogP contribution in [0.2, 0.25) is 0 Å². The highest BCUT2D eigenvalue weighted by atomic mass is 32.1. The fraction of sp³-hybridized carbons (Fsp3) is 0.846. The first-order chi connectivity index (χ1) is 8.45. The lowest BCUT2D eigenvalue weighted by Gasteiger charge is -2.35. The van der Waals surface area contributed by atoms with Crippen LogP contribution >= 0.6 is 12.6 Å². The van der Waals surface area contributed by atoms with Crippen molar-refractivity contribution in [1.29, 1.82) is 0 Å². The molecule has 0 aromatic rings. The molecule has 1 aliphatic carbocycles. The summed E-state index contributed by atoms with van der Waals surface area (Å²) in [5, 5.41) is 5.67. The molecule has 1 saturated carbocycles. The normalized spacial score (nSPS) is 29.4. The van der Waals surface area contributed by atoms with E-state index in [4.69, 9.17) is 0 Å². The van der Waals surface area contributed by atoms with Crippen molar-refractivity contribution in [3.05, 3.63) is 0 Å². The number of amides is 2. The number of rotatable bonds is 4. The molecule has 1 fully saturated rings. The Morgan fingerprint density at radius 1 is 1.33 bits per heavy atom. The number of hydrogen-bond donors (Lipinski definition) is 3. The van der Waals surface area contributed by atoms with Crippen LogP contribution in [0.1, 0.15) is 40.0 Å². The lowest BCUT2D eigenvalue weighted by atomic mass is 9.78. The molecule has 2 N–H and O–H groups in total. The van der Waals surface area contributed by atoms with Crippen LogP contribution < -0.4 is 10.6 Å². The monoisotopic (exact) mass is 272 g/mol. The lowest BCUT2D eigenvalue weighted by Crippen LogP contribution is -2.52. The van der Waals surface area contributed by atoms with Crippen molar-refractivity contribution in [3.63, 3.8) is 0 Å². The van der Waals surface area contributed by atoms with E-state index in [-0.39, 0.29) is 17.9 Å². The molecule has 18 heavy (non-hydrogen) atoms. The molecule has 0 bridgehead atoms. The summed E-state index contributed by atoms with van der Waals surface area (Å²) >= 11 is 4.11. The van der Waals surface area contributed by atoms with Gasteiger partial charge in [0.1, 0.15) is 6.04 Å². The molecule has 1 rings (SSSR count). The zero-order valence-electron chi connectivity index (χ0n) is 11.4.